The summed E-state index contributed by atoms with van der Waals surface area (Å²) in [4.78, 5) is 12.2. The van der Waals surface area contributed by atoms with Gasteiger partial charge < -0.3 is 9.84 Å². The van der Waals surface area contributed by atoms with Gasteiger partial charge in [-0.1, -0.05) is 41.9 Å². The second-order valence-corrected chi connectivity index (χ2v) is 6.53. The van der Waals surface area contributed by atoms with Crippen molar-refractivity contribution in [3.05, 3.63) is 70.7 Å². The Hall–Kier alpha value is -3.05. The Morgan fingerprint density at radius 2 is 2.00 bits per heavy atom. The second-order valence-electron chi connectivity index (χ2n) is 6.12. The van der Waals surface area contributed by atoms with Crippen LogP contribution in [0.15, 0.2) is 59.7 Å². The minimum atomic E-state index is -0.746. The molecule has 0 aliphatic rings. The molecule has 0 fully saturated rings. The van der Waals surface area contributed by atoms with Crippen LogP contribution in [0.2, 0.25) is 5.02 Å². The first-order chi connectivity index (χ1) is 13.0. The number of amides is 1. The molecule has 6 heteroatoms. The Bertz CT molecular complexity index is 1020. The second kappa shape index (κ2) is 8.10. The quantitative estimate of drug-likeness (QED) is 0.506. The van der Waals surface area contributed by atoms with Crippen LogP contribution in [-0.4, -0.2) is 23.3 Å². The van der Waals surface area contributed by atoms with Crippen LogP contribution in [0.3, 0.4) is 0 Å². The number of carbonyl (C=O) groups excluding carboxylic acids is 1. The van der Waals surface area contributed by atoms with E-state index in [1.54, 1.807) is 31.2 Å². The molecule has 2 N–H and O–H groups in total. The van der Waals surface area contributed by atoms with Crippen LogP contribution in [0, 0.1) is 6.92 Å². The van der Waals surface area contributed by atoms with Gasteiger partial charge >= 0.3 is 0 Å². The van der Waals surface area contributed by atoms with Crippen LogP contribution < -0.4 is 10.2 Å². The first-order valence-corrected chi connectivity index (χ1v) is 8.80. The minimum absolute atomic E-state index is 0.0904. The van der Waals surface area contributed by atoms with Gasteiger partial charge in [0.05, 0.1) is 6.21 Å². The monoisotopic (exact) mass is 382 g/mol. The highest BCUT2D eigenvalue weighted by atomic mass is 35.5. The lowest BCUT2D eigenvalue weighted by molar-refractivity contribution is -0.127. The Kier molecular flexibility index (Phi) is 5.62. The average Bonchev–Trinajstić information content (AvgIpc) is 2.66. The molecule has 27 heavy (non-hydrogen) atoms. The van der Waals surface area contributed by atoms with E-state index in [-0.39, 0.29) is 5.75 Å². The molecule has 0 saturated heterocycles. The number of rotatable bonds is 5. The van der Waals surface area contributed by atoms with Gasteiger partial charge in [0.1, 0.15) is 11.5 Å². The summed E-state index contributed by atoms with van der Waals surface area (Å²) in [6, 6.07) is 16.2. The maximum Gasteiger partial charge on any atom is 0.280 e. The number of halogens is 1. The number of fused-ring (bicyclic) bond motifs is 1. The summed E-state index contributed by atoms with van der Waals surface area (Å²) in [6.07, 6.45) is 0.679. The Balaban J connectivity index is 1.68. The van der Waals surface area contributed by atoms with E-state index in [4.69, 9.17) is 16.3 Å². The molecular formula is C21H19ClN2O3. The molecule has 0 aromatic heterocycles. The first-order valence-electron chi connectivity index (χ1n) is 8.42. The maximum atomic E-state index is 12.2. The molecule has 0 aliphatic heterocycles. The molecule has 0 radical (unpaired) electrons. The molecule has 1 unspecified atom stereocenters. The van der Waals surface area contributed by atoms with Crippen LogP contribution >= 0.6 is 11.6 Å². The van der Waals surface area contributed by atoms with E-state index >= 15 is 0 Å². The number of nitrogens with zero attached hydrogens (tertiary/aromatic N) is 1. The highest BCUT2D eigenvalue weighted by Gasteiger charge is 2.14. The molecule has 3 aromatic rings. The van der Waals surface area contributed by atoms with E-state index in [1.165, 1.54) is 6.21 Å². The van der Waals surface area contributed by atoms with Crippen molar-refractivity contribution in [1.29, 1.82) is 0 Å². The highest BCUT2D eigenvalue weighted by Crippen LogP contribution is 2.25. The zero-order chi connectivity index (χ0) is 19.4. The summed E-state index contributed by atoms with van der Waals surface area (Å²) in [5.74, 6) is 0.237. The number of nitrogens with one attached hydrogen (secondary N) is 1. The standard InChI is InChI=1S/C21H19ClN2O3/c1-13-11-16(8-9-19(13)22)27-14(2)21(26)24-23-12-18-17-6-4-3-5-15(17)7-10-20(18)25/h3-12,14,25H,1-2H3,(H,24,26)/b23-12+. The molecule has 5 nitrogen and oxygen atoms in total. The first kappa shape index (κ1) is 18.7. The molecule has 1 amide bonds. The Morgan fingerprint density at radius 3 is 2.78 bits per heavy atom. The van der Waals surface area contributed by atoms with Crippen LogP contribution in [0.4, 0.5) is 0 Å². The molecule has 0 heterocycles. The lowest BCUT2D eigenvalue weighted by atomic mass is 10.0. The number of aryl methyl sites for hydroxylation is 1. The third-order valence-corrected chi connectivity index (χ3v) is 4.55. The molecule has 1 atom stereocenters. The molecule has 0 bridgehead atoms. The fourth-order valence-electron chi connectivity index (χ4n) is 2.62. The van der Waals surface area contributed by atoms with Crippen LogP contribution in [0.1, 0.15) is 18.1 Å². The van der Waals surface area contributed by atoms with Crippen molar-refractivity contribution in [2.45, 2.75) is 20.0 Å². The van der Waals surface area contributed by atoms with E-state index in [2.05, 4.69) is 10.5 Å². The lowest BCUT2D eigenvalue weighted by Crippen LogP contribution is -2.33. The van der Waals surface area contributed by atoms with Crippen LogP contribution in [-0.2, 0) is 4.79 Å². The normalized spacial score (nSPS) is 12.3. The average molecular weight is 383 g/mol. The fraction of sp³-hybridized carbons (Fsp3) is 0.143. The summed E-state index contributed by atoms with van der Waals surface area (Å²) < 4.78 is 5.61. The summed E-state index contributed by atoms with van der Waals surface area (Å²) in [7, 11) is 0. The zero-order valence-electron chi connectivity index (χ0n) is 14.9. The van der Waals surface area contributed by atoms with Gasteiger partial charge in [-0.2, -0.15) is 5.10 Å². The van der Waals surface area contributed by atoms with Crippen LogP contribution in [0.25, 0.3) is 10.8 Å². The minimum Gasteiger partial charge on any atom is -0.507 e. The van der Waals surface area contributed by atoms with Gasteiger partial charge in [-0.3, -0.25) is 4.79 Å². The van der Waals surface area contributed by atoms with Crippen molar-refractivity contribution in [2.75, 3.05) is 0 Å². The number of aromatic hydroxyl groups is 1. The molecule has 0 saturated carbocycles. The SMILES string of the molecule is Cc1cc(OC(C)C(=O)N/N=C/c2c(O)ccc3ccccc23)ccc1Cl. The topological polar surface area (TPSA) is 70.9 Å². The Labute approximate surface area is 162 Å². The van der Waals surface area contributed by atoms with Crippen LogP contribution in [0.5, 0.6) is 11.5 Å². The van der Waals surface area contributed by atoms with Gasteiger partial charge in [-0.25, -0.2) is 5.43 Å². The molecule has 0 aliphatic carbocycles. The van der Waals surface area contributed by atoms with E-state index in [0.29, 0.717) is 16.3 Å². The summed E-state index contributed by atoms with van der Waals surface area (Å²) >= 11 is 5.99. The van der Waals surface area contributed by atoms with Crippen molar-refractivity contribution in [2.24, 2.45) is 5.10 Å². The largest absolute Gasteiger partial charge is 0.507 e. The lowest BCUT2D eigenvalue weighted by Gasteiger charge is -2.13. The number of carbonyl (C=O) groups is 1. The van der Waals surface area contributed by atoms with Gasteiger partial charge in [0.2, 0.25) is 0 Å². The van der Waals surface area contributed by atoms with E-state index in [1.807, 2.05) is 37.3 Å². The van der Waals surface area contributed by atoms with Gasteiger partial charge in [0.15, 0.2) is 6.10 Å². The van der Waals surface area contributed by atoms with Gasteiger partial charge in [0, 0.05) is 10.6 Å². The Morgan fingerprint density at radius 1 is 1.22 bits per heavy atom. The molecule has 0 spiro atoms. The number of benzene rings is 3. The van der Waals surface area contributed by atoms with Crippen molar-refractivity contribution < 1.29 is 14.6 Å². The summed E-state index contributed by atoms with van der Waals surface area (Å²) in [5.41, 5.74) is 3.84. The van der Waals surface area contributed by atoms with Gasteiger partial charge in [-0.05, 0) is 54.4 Å². The zero-order valence-corrected chi connectivity index (χ0v) is 15.7. The van der Waals surface area contributed by atoms with Crippen molar-refractivity contribution >= 4 is 34.5 Å². The molecule has 3 rings (SSSR count). The molecule has 138 valence electrons. The van der Waals surface area contributed by atoms with Crippen molar-refractivity contribution in [3.63, 3.8) is 0 Å². The maximum absolute atomic E-state index is 12.2. The van der Waals surface area contributed by atoms with Crippen molar-refractivity contribution in [3.8, 4) is 11.5 Å². The molecule has 3 aromatic carbocycles. The summed E-state index contributed by atoms with van der Waals surface area (Å²) in [6.45, 7) is 3.49. The number of hydrazone groups is 1. The van der Waals surface area contributed by atoms with E-state index < -0.39 is 12.0 Å². The van der Waals surface area contributed by atoms with E-state index in [9.17, 15) is 9.90 Å². The number of hydrogen-bond acceptors (Lipinski definition) is 4. The number of hydrogen-bond donors (Lipinski definition) is 2. The predicted octanol–water partition coefficient (Wildman–Crippen LogP) is 4.42. The number of phenolic OH excluding ortho intramolecular Hbond substituents is 1. The fourth-order valence-corrected chi connectivity index (χ4v) is 2.74. The third kappa shape index (κ3) is 4.38. The van der Waals surface area contributed by atoms with Gasteiger partial charge in [0.25, 0.3) is 5.91 Å². The predicted molar refractivity (Wildman–Crippen MR) is 108 cm³/mol. The highest BCUT2D eigenvalue weighted by molar-refractivity contribution is 6.31. The number of ether oxygens (including phenoxy) is 1. The smallest absolute Gasteiger partial charge is 0.280 e. The molecular weight excluding hydrogens is 364 g/mol. The summed E-state index contributed by atoms with van der Waals surface area (Å²) in [5, 5.41) is 16.5. The van der Waals surface area contributed by atoms with Gasteiger partial charge in [-0.15, -0.1) is 0 Å². The van der Waals surface area contributed by atoms with Crippen molar-refractivity contribution in [1.82, 2.24) is 5.43 Å². The number of phenols is 1. The van der Waals surface area contributed by atoms with E-state index in [0.717, 1.165) is 16.3 Å². The third-order valence-electron chi connectivity index (χ3n) is 4.13.